The minimum Gasteiger partial charge on any atom is -0.472 e. The molecule has 1 fully saturated rings. The molecule has 0 saturated heterocycles. The van der Waals surface area contributed by atoms with Crippen molar-refractivity contribution in [3.63, 3.8) is 0 Å². The van der Waals surface area contributed by atoms with E-state index < -0.39 is 5.91 Å². The van der Waals surface area contributed by atoms with Crippen molar-refractivity contribution < 1.29 is 19.0 Å². The van der Waals surface area contributed by atoms with Gasteiger partial charge in [0.25, 0.3) is 5.91 Å². The SMILES string of the molecule is Cn1cc(-c2cnc(OCc3ccc4c(c3)OCO4)c(C(N)=O)c2C2CCCC2)cn1. The van der Waals surface area contributed by atoms with Crippen LogP contribution >= 0.6 is 0 Å². The molecule has 8 nitrogen and oxygen atoms in total. The highest BCUT2D eigenvalue weighted by Gasteiger charge is 2.29. The van der Waals surface area contributed by atoms with Gasteiger partial charge in [-0.1, -0.05) is 18.9 Å². The Morgan fingerprint density at radius 3 is 2.77 bits per heavy atom. The van der Waals surface area contributed by atoms with Gasteiger partial charge in [-0.05, 0) is 42.0 Å². The molecule has 1 aromatic carbocycles. The van der Waals surface area contributed by atoms with Gasteiger partial charge in [-0.15, -0.1) is 0 Å². The normalized spacial score (nSPS) is 15.4. The molecule has 0 atom stereocenters. The molecule has 1 aliphatic heterocycles. The molecule has 0 unspecified atom stereocenters. The van der Waals surface area contributed by atoms with Crippen molar-refractivity contribution in [2.75, 3.05) is 6.79 Å². The van der Waals surface area contributed by atoms with E-state index >= 15 is 0 Å². The fraction of sp³-hybridized carbons (Fsp3) is 0.348. The molecule has 160 valence electrons. The minimum atomic E-state index is -0.527. The Morgan fingerprint density at radius 2 is 2.03 bits per heavy atom. The van der Waals surface area contributed by atoms with Gasteiger partial charge in [-0.25, -0.2) is 4.98 Å². The van der Waals surface area contributed by atoms with Crippen LogP contribution in [0.1, 0.15) is 53.1 Å². The summed E-state index contributed by atoms with van der Waals surface area (Å²) in [5.74, 6) is 1.38. The fourth-order valence-electron chi connectivity index (χ4n) is 4.47. The van der Waals surface area contributed by atoms with Crippen LogP contribution in [0.25, 0.3) is 11.1 Å². The van der Waals surface area contributed by atoms with Crippen molar-refractivity contribution in [2.45, 2.75) is 38.2 Å². The second-order valence-corrected chi connectivity index (χ2v) is 7.99. The van der Waals surface area contributed by atoms with E-state index in [9.17, 15) is 4.79 Å². The third kappa shape index (κ3) is 3.69. The number of carbonyl (C=O) groups excluding carboxylic acids is 1. The molecular formula is C23H24N4O4. The standard InChI is InChI=1S/C23H24N4O4/c1-27-11-16(9-26-27)17-10-25-23(21(22(24)28)20(17)15-4-2-3-5-15)29-12-14-6-7-18-19(8-14)31-13-30-18/h6-11,15H,2-5,12-13H2,1H3,(H2,24,28). The smallest absolute Gasteiger partial charge is 0.254 e. The minimum absolute atomic E-state index is 0.216. The first-order valence-corrected chi connectivity index (χ1v) is 10.4. The van der Waals surface area contributed by atoms with E-state index in [1.54, 1.807) is 17.1 Å². The van der Waals surface area contributed by atoms with E-state index in [0.29, 0.717) is 17.1 Å². The zero-order valence-corrected chi connectivity index (χ0v) is 17.3. The molecule has 2 aliphatic rings. The summed E-state index contributed by atoms with van der Waals surface area (Å²) >= 11 is 0. The van der Waals surface area contributed by atoms with Crippen molar-refractivity contribution in [3.8, 4) is 28.5 Å². The third-order valence-corrected chi connectivity index (χ3v) is 5.92. The number of hydrogen-bond acceptors (Lipinski definition) is 6. The lowest BCUT2D eigenvalue weighted by Gasteiger charge is -2.20. The number of primary amides is 1. The highest BCUT2D eigenvalue weighted by molar-refractivity contribution is 5.98. The number of amides is 1. The van der Waals surface area contributed by atoms with E-state index in [1.807, 2.05) is 31.4 Å². The maximum atomic E-state index is 12.6. The quantitative estimate of drug-likeness (QED) is 0.654. The molecule has 1 aliphatic carbocycles. The number of ether oxygens (including phenoxy) is 3. The van der Waals surface area contributed by atoms with Crippen LogP contribution < -0.4 is 19.9 Å². The first-order chi connectivity index (χ1) is 15.1. The van der Waals surface area contributed by atoms with Crippen LogP contribution in [-0.2, 0) is 13.7 Å². The number of fused-ring (bicyclic) bond motifs is 1. The summed E-state index contributed by atoms with van der Waals surface area (Å²) in [5, 5.41) is 4.28. The second kappa shape index (κ2) is 7.94. The Balaban J connectivity index is 1.52. The Kier molecular flexibility index (Phi) is 4.97. The molecule has 1 amide bonds. The number of aromatic nitrogens is 3. The number of nitrogens with zero attached hydrogens (tertiary/aromatic N) is 3. The summed E-state index contributed by atoms with van der Waals surface area (Å²) in [7, 11) is 1.87. The summed E-state index contributed by atoms with van der Waals surface area (Å²) in [6.45, 7) is 0.452. The number of carbonyl (C=O) groups is 1. The molecule has 2 N–H and O–H groups in total. The van der Waals surface area contributed by atoms with E-state index in [0.717, 1.165) is 47.9 Å². The lowest BCUT2D eigenvalue weighted by atomic mass is 9.87. The zero-order chi connectivity index (χ0) is 21.4. The highest BCUT2D eigenvalue weighted by atomic mass is 16.7. The van der Waals surface area contributed by atoms with Gasteiger partial charge in [0.15, 0.2) is 11.5 Å². The van der Waals surface area contributed by atoms with Crippen LogP contribution in [0.2, 0.25) is 0 Å². The molecule has 5 rings (SSSR count). The van der Waals surface area contributed by atoms with Crippen molar-refractivity contribution in [3.05, 3.63) is 53.5 Å². The molecule has 1 saturated carbocycles. The van der Waals surface area contributed by atoms with E-state index in [1.165, 1.54) is 0 Å². The van der Waals surface area contributed by atoms with Gasteiger partial charge in [-0.3, -0.25) is 9.48 Å². The third-order valence-electron chi connectivity index (χ3n) is 5.92. The number of aryl methyl sites for hydroxylation is 1. The van der Waals surface area contributed by atoms with Gasteiger partial charge in [0, 0.05) is 30.6 Å². The Morgan fingerprint density at radius 1 is 1.23 bits per heavy atom. The van der Waals surface area contributed by atoms with Crippen molar-refractivity contribution >= 4 is 5.91 Å². The average Bonchev–Trinajstić information content (AvgIpc) is 3.52. The van der Waals surface area contributed by atoms with E-state index in [4.69, 9.17) is 19.9 Å². The van der Waals surface area contributed by atoms with Gasteiger partial charge in [-0.2, -0.15) is 5.10 Å². The van der Waals surface area contributed by atoms with Crippen LogP contribution in [0, 0.1) is 0 Å². The summed E-state index contributed by atoms with van der Waals surface area (Å²) in [5.41, 5.74) is 9.86. The van der Waals surface area contributed by atoms with Crippen LogP contribution in [0.5, 0.6) is 17.4 Å². The van der Waals surface area contributed by atoms with Crippen molar-refractivity contribution in [1.29, 1.82) is 0 Å². The average molecular weight is 420 g/mol. The Hall–Kier alpha value is -3.55. The molecule has 31 heavy (non-hydrogen) atoms. The molecular weight excluding hydrogens is 396 g/mol. The molecule has 8 heteroatoms. The summed E-state index contributed by atoms with van der Waals surface area (Å²) in [6.07, 6.45) is 9.77. The molecule has 3 heterocycles. The number of pyridine rings is 1. The molecule has 0 radical (unpaired) electrons. The lowest BCUT2D eigenvalue weighted by molar-refractivity contribution is 0.0993. The Labute approximate surface area is 179 Å². The van der Waals surface area contributed by atoms with Gasteiger partial charge in [0.2, 0.25) is 12.7 Å². The van der Waals surface area contributed by atoms with Crippen LogP contribution in [-0.4, -0.2) is 27.5 Å². The molecule has 3 aromatic rings. The van der Waals surface area contributed by atoms with Gasteiger partial charge in [0.1, 0.15) is 12.2 Å². The predicted molar refractivity (Wildman–Crippen MR) is 113 cm³/mol. The first-order valence-electron chi connectivity index (χ1n) is 10.4. The number of benzene rings is 1. The van der Waals surface area contributed by atoms with Crippen LogP contribution in [0.3, 0.4) is 0 Å². The monoisotopic (exact) mass is 420 g/mol. The Bertz CT molecular complexity index is 1130. The summed E-state index contributed by atoms with van der Waals surface area (Å²) in [4.78, 5) is 17.1. The number of nitrogens with two attached hydrogens (primary N) is 1. The second-order valence-electron chi connectivity index (χ2n) is 7.99. The van der Waals surface area contributed by atoms with Gasteiger partial charge >= 0.3 is 0 Å². The molecule has 2 aromatic heterocycles. The van der Waals surface area contributed by atoms with Gasteiger partial charge in [0.05, 0.1) is 6.20 Å². The molecule has 0 bridgehead atoms. The summed E-state index contributed by atoms with van der Waals surface area (Å²) < 4.78 is 18.5. The van der Waals surface area contributed by atoms with Crippen LogP contribution in [0.4, 0.5) is 0 Å². The van der Waals surface area contributed by atoms with Crippen LogP contribution in [0.15, 0.2) is 36.8 Å². The zero-order valence-electron chi connectivity index (χ0n) is 17.3. The number of hydrogen-bond donors (Lipinski definition) is 1. The van der Waals surface area contributed by atoms with Gasteiger partial charge < -0.3 is 19.9 Å². The highest BCUT2D eigenvalue weighted by Crippen LogP contribution is 2.43. The summed E-state index contributed by atoms with van der Waals surface area (Å²) in [6, 6.07) is 5.62. The number of rotatable bonds is 6. The van der Waals surface area contributed by atoms with Crippen molar-refractivity contribution in [1.82, 2.24) is 14.8 Å². The predicted octanol–water partition coefficient (Wildman–Crippen LogP) is 3.55. The van der Waals surface area contributed by atoms with E-state index in [-0.39, 0.29) is 25.2 Å². The maximum absolute atomic E-state index is 12.6. The fourth-order valence-corrected chi connectivity index (χ4v) is 4.47. The lowest BCUT2D eigenvalue weighted by Crippen LogP contribution is -2.19. The van der Waals surface area contributed by atoms with E-state index in [2.05, 4.69) is 10.1 Å². The topological polar surface area (TPSA) is 101 Å². The first kappa shape index (κ1) is 19.4. The van der Waals surface area contributed by atoms with Crippen molar-refractivity contribution in [2.24, 2.45) is 12.8 Å². The molecule has 0 spiro atoms. The largest absolute Gasteiger partial charge is 0.472 e. The maximum Gasteiger partial charge on any atom is 0.254 e.